The van der Waals surface area contributed by atoms with Gasteiger partial charge in [0.25, 0.3) is 0 Å². The molecule has 154 valence electrons. The number of nitro benzene ring substituents is 1. The molecule has 0 aromatic heterocycles. The summed E-state index contributed by atoms with van der Waals surface area (Å²) in [7, 11) is -5.13. The van der Waals surface area contributed by atoms with E-state index in [0.29, 0.717) is 11.4 Å². The third-order valence-corrected chi connectivity index (χ3v) is 4.86. The lowest BCUT2D eigenvalue weighted by molar-refractivity contribution is -0.383. The van der Waals surface area contributed by atoms with Crippen molar-refractivity contribution in [3.8, 4) is 0 Å². The fraction of sp³-hybridized carbons (Fsp3) is 0.0526. The van der Waals surface area contributed by atoms with E-state index >= 15 is 0 Å². The number of hydrogen-bond acceptors (Lipinski definition) is 9. The van der Waals surface area contributed by atoms with Gasteiger partial charge in [-0.1, -0.05) is 36.4 Å². The van der Waals surface area contributed by atoms with Crippen LogP contribution >= 0.6 is 0 Å². The Morgan fingerprint density at radius 2 is 1.60 bits per heavy atom. The van der Waals surface area contributed by atoms with Gasteiger partial charge >= 0.3 is 5.69 Å². The summed E-state index contributed by atoms with van der Waals surface area (Å²) in [4.78, 5) is 10.1. The summed E-state index contributed by atoms with van der Waals surface area (Å²) < 4.78 is 35.5. The van der Waals surface area contributed by atoms with E-state index in [9.17, 15) is 28.2 Å². The highest BCUT2D eigenvalue weighted by molar-refractivity contribution is 7.86. The Kier molecular flexibility index (Phi) is 6.16. The van der Waals surface area contributed by atoms with E-state index in [2.05, 4.69) is 15.5 Å². The Hall–Kier alpha value is -3.67. The minimum atomic E-state index is -5.13. The standard InChI is InChI=1S/C19H16N4O6S/c24-12-13-11-16(30(27,28)29)18(20-14-7-3-1-4-8-14)19(23(25)26)17(13)22-21-15-9-5-2-6-10-15/h1-11,20,24H,12H2,(H,27,28,29)/p-1. The average molecular weight is 427 g/mol. The molecular formula is C19H15N4O6S-. The van der Waals surface area contributed by atoms with Crippen LogP contribution < -0.4 is 5.32 Å². The van der Waals surface area contributed by atoms with E-state index in [1.165, 1.54) is 12.1 Å². The fourth-order valence-electron chi connectivity index (χ4n) is 2.68. The Morgan fingerprint density at radius 3 is 2.13 bits per heavy atom. The number of aliphatic hydroxyl groups is 1. The van der Waals surface area contributed by atoms with Crippen LogP contribution in [0.1, 0.15) is 5.56 Å². The van der Waals surface area contributed by atoms with Gasteiger partial charge in [0, 0.05) is 11.3 Å². The smallest absolute Gasteiger partial charge is 0.321 e. The Labute approximate surface area is 171 Å². The Bertz CT molecular complexity index is 1200. The van der Waals surface area contributed by atoms with Crippen molar-refractivity contribution in [3.05, 3.63) is 82.4 Å². The molecule has 0 saturated carbocycles. The van der Waals surface area contributed by atoms with Gasteiger partial charge in [-0.05, 0) is 30.3 Å². The van der Waals surface area contributed by atoms with Crippen LogP contribution in [0.5, 0.6) is 0 Å². The zero-order chi connectivity index (χ0) is 21.7. The van der Waals surface area contributed by atoms with Crippen LogP contribution in [-0.4, -0.2) is 23.0 Å². The molecule has 0 heterocycles. The van der Waals surface area contributed by atoms with Crippen molar-refractivity contribution in [1.82, 2.24) is 0 Å². The molecule has 0 radical (unpaired) electrons. The van der Waals surface area contributed by atoms with Gasteiger partial charge in [0.1, 0.15) is 15.8 Å². The first-order valence-corrected chi connectivity index (χ1v) is 9.92. The summed E-state index contributed by atoms with van der Waals surface area (Å²) in [6.45, 7) is -0.794. The van der Waals surface area contributed by atoms with Gasteiger partial charge in [-0.15, -0.1) is 5.11 Å². The SMILES string of the molecule is O=[N+]([O-])c1c(N=Nc2ccccc2)c(CO)cc(S(=O)(=O)[O-])c1Nc1ccccc1. The molecule has 0 amide bonds. The first kappa shape index (κ1) is 21.0. The first-order chi connectivity index (χ1) is 14.3. The van der Waals surface area contributed by atoms with Gasteiger partial charge in [0.05, 0.1) is 22.1 Å². The van der Waals surface area contributed by atoms with E-state index in [0.717, 1.165) is 6.07 Å². The first-order valence-electron chi connectivity index (χ1n) is 8.51. The lowest BCUT2D eigenvalue weighted by Crippen LogP contribution is -2.08. The second-order valence-corrected chi connectivity index (χ2v) is 7.35. The molecule has 3 aromatic rings. The summed E-state index contributed by atoms with van der Waals surface area (Å²) >= 11 is 0. The van der Waals surface area contributed by atoms with Crippen LogP contribution in [0.25, 0.3) is 0 Å². The number of nitro groups is 1. The molecule has 0 fully saturated rings. The van der Waals surface area contributed by atoms with Crippen LogP contribution in [0.3, 0.4) is 0 Å². The van der Waals surface area contributed by atoms with Crippen molar-refractivity contribution in [3.63, 3.8) is 0 Å². The normalized spacial score (nSPS) is 11.5. The Morgan fingerprint density at radius 1 is 1.00 bits per heavy atom. The van der Waals surface area contributed by atoms with Crippen LogP contribution in [0, 0.1) is 10.1 Å². The second-order valence-electron chi connectivity index (χ2n) is 6.00. The van der Waals surface area contributed by atoms with Crippen molar-refractivity contribution < 1.29 is 23.0 Å². The van der Waals surface area contributed by atoms with Crippen molar-refractivity contribution in [2.24, 2.45) is 10.2 Å². The van der Waals surface area contributed by atoms with E-state index < -0.39 is 37.9 Å². The van der Waals surface area contributed by atoms with Crippen molar-refractivity contribution >= 4 is 38.6 Å². The molecular weight excluding hydrogens is 412 g/mol. The number of rotatable bonds is 7. The molecule has 0 unspecified atom stereocenters. The molecule has 0 saturated heterocycles. The average Bonchev–Trinajstić information content (AvgIpc) is 2.72. The highest BCUT2D eigenvalue weighted by Crippen LogP contribution is 2.44. The van der Waals surface area contributed by atoms with Gasteiger partial charge in [0.2, 0.25) is 0 Å². The molecule has 10 nitrogen and oxygen atoms in total. The predicted octanol–water partition coefficient (Wildman–Crippen LogP) is 4.15. The summed E-state index contributed by atoms with van der Waals surface area (Å²) in [5, 5.41) is 31.9. The molecule has 3 rings (SSSR count). The number of benzene rings is 3. The van der Waals surface area contributed by atoms with Crippen molar-refractivity contribution in [2.75, 3.05) is 5.32 Å². The molecule has 0 atom stereocenters. The maximum Gasteiger partial charge on any atom is 0.321 e. The highest BCUT2D eigenvalue weighted by Gasteiger charge is 2.29. The number of anilines is 2. The van der Waals surface area contributed by atoms with Gasteiger partial charge < -0.3 is 15.0 Å². The maximum absolute atomic E-state index is 11.9. The maximum atomic E-state index is 11.9. The largest absolute Gasteiger partial charge is 0.744 e. The zero-order valence-corrected chi connectivity index (χ0v) is 16.1. The minimum Gasteiger partial charge on any atom is -0.744 e. The van der Waals surface area contributed by atoms with Crippen LogP contribution in [0.4, 0.5) is 28.4 Å². The molecule has 0 spiro atoms. The van der Waals surface area contributed by atoms with Gasteiger partial charge in [-0.25, -0.2) is 8.42 Å². The molecule has 3 aromatic carbocycles. The van der Waals surface area contributed by atoms with E-state index in [1.807, 2.05) is 0 Å². The number of hydrogen-bond donors (Lipinski definition) is 2. The summed E-state index contributed by atoms with van der Waals surface area (Å²) in [6.07, 6.45) is 0. The van der Waals surface area contributed by atoms with Crippen LogP contribution in [0.15, 0.2) is 81.9 Å². The van der Waals surface area contributed by atoms with Gasteiger partial charge in [-0.3, -0.25) is 10.1 Å². The summed E-state index contributed by atoms with van der Waals surface area (Å²) in [6, 6.07) is 17.2. The molecule has 30 heavy (non-hydrogen) atoms. The number of aliphatic hydroxyl groups excluding tert-OH is 1. The monoisotopic (exact) mass is 427 g/mol. The van der Waals surface area contributed by atoms with E-state index in [-0.39, 0.29) is 11.3 Å². The predicted molar refractivity (Wildman–Crippen MR) is 107 cm³/mol. The quantitative estimate of drug-likeness (QED) is 0.248. The van der Waals surface area contributed by atoms with Gasteiger partial charge in [-0.2, -0.15) is 5.11 Å². The molecule has 0 aliphatic rings. The topological polar surface area (TPSA) is 157 Å². The molecule has 0 bridgehead atoms. The summed E-state index contributed by atoms with van der Waals surface area (Å²) in [5.41, 5.74) is -1.24. The highest BCUT2D eigenvalue weighted by atomic mass is 32.2. The molecule has 0 aliphatic heterocycles. The summed E-state index contributed by atoms with van der Waals surface area (Å²) in [5.74, 6) is 0. The fourth-order valence-corrected chi connectivity index (χ4v) is 3.37. The third kappa shape index (κ3) is 4.66. The zero-order valence-electron chi connectivity index (χ0n) is 15.3. The minimum absolute atomic E-state index is 0.227. The number of nitrogens with one attached hydrogen (secondary N) is 1. The van der Waals surface area contributed by atoms with Crippen molar-refractivity contribution in [1.29, 1.82) is 0 Å². The molecule has 0 aliphatic carbocycles. The molecule has 2 N–H and O–H groups in total. The Balaban J connectivity index is 2.29. The van der Waals surface area contributed by atoms with E-state index in [4.69, 9.17) is 0 Å². The van der Waals surface area contributed by atoms with Crippen molar-refractivity contribution in [2.45, 2.75) is 11.5 Å². The van der Waals surface area contributed by atoms with Crippen LogP contribution in [0.2, 0.25) is 0 Å². The second kappa shape index (κ2) is 8.78. The third-order valence-electron chi connectivity index (χ3n) is 4.00. The number of nitrogens with zero attached hydrogens (tertiary/aromatic N) is 3. The number of azo groups is 1. The van der Waals surface area contributed by atoms with Crippen LogP contribution in [-0.2, 0) is 16.7 Å². The van der Waals surface area contributed by atoms with E-state index in [1.54, 1.807) is 48.5 Å². The lowest BCUT2D eigenvalue weighted by atomic mass is 10.1. The number of para-hydroxylation sites is 1. The van der Waals surface area contributed by atoms with Gasteiger partial charge in [0.15, 0.2) is 5.69 Å². The molecule has 11 heteroatoms. The lowest BCUT2D eigenvalue weighted by Gasteiger charge is -2.17.